The summed E-state index contributed by atoms with van der Waals surface area (Å²) in [7, 11) is -3.30. The topological polar surface area (TPSA) is 99.1 Å². The molecule has 3 aromatic rings. The minimum atomic E-state index is -3.30. The predicted molar refractivity (Wildman–Crippen MR) is 153 cm³/mol. The lowest BCUT2D eigenvalue weighted by Crippen LogP contribution is -2.49. The Morgan fingerprint density at radius 3 is 2.45 bits per heavy atom. The number of hydrogen-bond donors (Lipinski definition) is 1. The second kappa shape index (κ2) is 12.1. The van der Waals surface area contributed by atoms with Crippen LogP contribution in [0.25, 0.3) is 10.2 Å². The van der Waals surface area contributed by atoms with Crippen molar-refractivity contribution >= 4 is 43.1 Å². The van der Waals surface area contributed by atoms with Crippen LogP contribution in [-0.2, 0) is 15.9 Å². The van der Waals surface area contributed by atoms with E-state index in [9.17, 15) is 17.2 Å². The van der Waals surface area contributed by atoms with Crippen molar-refractivity contribution in [2.24, 2.45) is 0 Å². The number of pyridine rings is 1. The lowest BCUT2D eigenvalue weighted by molar-refractivity contribution is 0.0171. The number of benzene rings is 1. The van der Waals surface area contributed by atoms with Crippen LogP contribution < -0.4 is 14.5 Å². The van der Waals surface area contributed by atoms with Crippen LogP contribution in [0.2, 0.25) is 0 Å². The van der Waals surface area contributed by atoms with Crippen molar-refractivity contribution in [2.45, 2.75) is 44.6 Å². The molecule has 0 atom stereocenters. The van der Waals surface area contributed by atoms with E-state index in [-0.39, 0.29) is 24.0 Å². The average Bonchev–Trinajstić information content (AvgIpc) is 3.35. The van der Waals surface area contributed by atoms with Gasteiger partial charge in [-0.2, -0.15) is 4.31 Å². The van der Waals surface area contributed by atoms with Gasteiger partial charge in [-0.25, -0.2) is 27.2 Å². The van der Waals surface area contributed by atoms with Gasteiger partial charge in [0, 0.05) is 83.1 Å². The summed E-state index contributed by atoms with van der Waals surface area (Å²) in [6, 6.07) is 9.16. The molecule has 9 nitrogen and oxygen atoms in total. The van der Waals surface area contributed by atoms with Gasteiger partial charge in [0.2, 0.25) is 10.0 Å². The summed E-state index contributed by atoms with van der Waals surface area (Å²) < 4.78 is 60.8. The van der Waals surface area contributed by atoms with Crippen LogP contribution in [0.15, 0.2) is 36.5 Å². The fraction of sp³-hybridized carbons (Fsp3) is 0.556. The van der Waals surface area contributed by atoms with Gasteiger partial charge in [0.25, 0.3) is 11.1 Å². The zero-order valence-corrected chi connectivity index (χ0v) is 24.1. The third-order valence-electron chi connectivity index (χ3n) is 7.45. The number of piperidine rings is 1. The first-order valence-corrected chi connectivity index (χ1v) is 16.1. The van der Waals surface area contributed by atoms with E-state index in [0.29, 0.717) is 50.0 Å². The molecule has 4 heterocycles. The monoisotopic (exact) mass is 595 g/mol. The third kappa shape index (κ3) is 6.81. The molecule has 1 aromatic carbocycles. The van der Waals surface area contributed by atoms with Crippen LogP contribution in [0.1, 0.15) is 38.2 Å². The highest BCUT2D eigenvalue weighted by Gasteiger charge is 2.28. The van der Waals surface area contributed by atoms with Gasteiger partial charge in [0.1, 0.15) is 11.9 Å². The maximum Gasteiger partial charge on any atom is 0.274 e. The Morgan fingerprint density at radius 1 is 1.05 bits per heavy atom. The first-order valence-electron chi connectivity index (χ1n) is 13.6. The summed E-state index contributed by atoms with van der Waals surface area (Å²) in [5.74, 6) is -2.13. The number of unbranched alkanes of at least 4 members (excludes halogenated alkanes) is 1. The molecule has 2 fully saturated rings. The number of nitrogens with zero attached hydrogens (tertiary/aromatic N) is 5. The number of aliphatic hydroxyl groups excluding tert-OH is 1. The Kier molecular flexibility index (Phi) is 8.74. The number of anilines is 2. The van der Waals surface area contributed by atoms with E-state index in [2.05, 4.69) is 25.8 Å². The SMILES string of the molecule is CC(F)(F)c1ccc(N2CCC(Oc3nc4ccc(N5CCN(S(=O)(=O)CCCCO)CC5)cc4s3)CC2)nc1. The summed E-state index contributed by atoms with van der Waals surface area (Å²) in [6.45, 7) is 4.44. The van der Waals surface area contributed by atoms with Gasteiger partial charge in [-0.15, -0.1) is 0 Å². The molecule has 0 aliphatic carbocycles. The number of hydrogen-bond acceptors (Lipinski definition) is 9. The number of piperazine rings is 1. The Bertz CT molecular complexity index is 1380. The molecule has 13 heteroatoms. The molecule has 0 amide bonds. The molecule has 0 bridgehead atoms. The molecule has 2 aliphatic rings. The molecule has 0 spiro atoms. The summed E-state index contributed by atoms with van der Waals surface area (Å²) in [5, 5.41) is 9.54. The number of aromatic nitrogens is 2. The summed E-state index contributed by atoms with van der Waals surface area (Å²) in [5.41, 5.74) is 1.81. The highest BCUT2D eigenvalue weighted by atomic mass is 32.2. The molecule has 0 saturated carbocycles. The van der Waals surface area contributed by atoms with Gasteiger partial charge in [-0.3, -0.25) is 0 Å². The molecule has 218 valence electrons. The number of thiazole rings is 1. The van der Waals surface area contributed by atoms with Crippen LogP contribution in [0.5, 0.6) is 5.19 Å². The van der Waals surface area contributed by atoms with Gasteiger partial charge in [-0.1, -0.05) is 11.3 Å². The standard InChI is InChI=1S/C27H35F2N5O4S2/c1-27(28,29)20-4-7-25(30-19-20)33-10-8-22(9-11-33)38-26-31-23-6-5-21(18-24(23)39-26)32-12-14-34(15-13-32)40(36,37)17-3-2-16-35/h4-7,18-19,22,35H,2-3,8-17H2,1H3. The third-order valence-corrected chi connectivity index (χ3v) is 10.3. The molecule has 2 aromatic heterocycles. The zero-order chi connectivity index (χ0) is 28.3. The van der Waals surface area contributed by atoms with E-state index in [0.717, 1.165) is 48.8 Å². The second-order valence-corrected chi connectivity index (χ2v) is 13.4. The largest absolute Gasteiger partial charge is 0.467 e. The van der Waals surface area contributed by atoms with E-state index in [1.807, 2.05) is 12.1 Å². The minimum Gasteiger partial charge on any atom is -0.467 e. The lowest BCUT2D eigenvalue weighted by Gasteiger charge is -2.35. The lowest BCUT2D eigenvalue weighted by atomic mass is 10.1. The van der Waals surface area contributed by atoms with Crippen molar-refractivity contribution in [3.63, 3.8) is 0 Å². The number of sulfonamides is 1. The molecule has 0 unspecified atom stereocenters. The molecule has 40 heavy (non-hydrogen) atoms. The summed E-state index contributed by atoms with van der Waals surface area (Å²) in [6.07, 6.45) is 3.79. The molecule has 1 N–H and O–H groups in total. The Hall–Kier alpha value is -2.61. The van der Waals surface area contributed by atoms with E-state index >= 15 is 0 Å². The molecule has 2 saturated heterocycles. The Balaban J connectivity index is 1.14. The number of ether oxygens (including phenoxy) is 1. The predicted octanol–water partition coefficient (Wildman–Crippen LogP) is 4.08. The second-order valence-electron chi connectivity index (χ2n) is 10.4. The first-order chi connectivity index (χ1) is 19.1. The van der Waals surface area contributed by atoms with Crippen molar-refractivity contribution < 1.29 is 27.0 Å². The zero-order valence-electron chi connectivity index (χ0n) is 22.5. The van der Waals surface area contributed by atoms with E-state index in [1.165, 1.54) is 23.6 Å². The number of fused-ring (bicyclic) bond motifs is 1. The summed E-state index contributed by atoms with van der Waals surface area (Å²) in [4.78, 5) is 13.2. The van der Waals surface area contributed by atoms with Crippen LogP contribution in [-0.4, -0.2) is 85.5 Å². The number of aliphatic hydroxyl groups is 1. The normalized spacial score (nSPS) is 18.0. The molecular formula is C27H35F2N5O4S2. The number of halogens is 2. The quantitative estimate of drug-likeness (QED) is 0.350. The first kappa shape index (κ1) is 28.9. The number of rotatable bonds is 10. The summed E-state index contributed by atoms with van der Waals surface area (Å²) >= 11 is 1.50. The van der Waals surface area contributed by atoms with Gasteiger partial charge in [-0.05, 0) is 43.2 Å². The van der Waals surface area contributed by atoms with E-state index < -0.39 is 15.9 Å². The van der Waals surface area contributed by atoms with Crippen molar-refractivity contribution in [3.05, 3.63) is 42.1 Å². The van der Waals surface area contributed by atoms with Gasteiger partial charge < -0.3 is 19.6 Å². The molecule has 0 radical (unpaired) electrons. The fourth-order valence-electron chi connectivity index (χ4n) is 5.07. The van der Waals surface area contributed by atoms with Crippen molar-refractivity contribution in [3.8, 4) is 5.19 Å². The van der Waals surface area contributed by atoms with Crippen molar-refractivity contribution in [2.75, 3.05) is 61.4 Å². The Morgan fingerprint density at radius 2 is 1.80 bits per heavy atom. The van der Waals surface area contributed by atoms with Gasteiger partial charge >= 0.3 is 0 Å². The van der Waals surface area contributed by atoms with Crippen molar-refractivity contribution in [1.29, 1.82) is 0 Å². The van der Waals surface area contributed by atoms with E-state index in [4.69, 9.17) is 9.84 Å². The minimum absolute atomic E-state index is 0.00857. The van der Waals surface area contributed by atoms with Crippen molar-refractivity contribution in [1.82, 2.24) is 14.3 Å². The molecule has 5 rings (SSSR count). The molecule has 2 aliphatic heterocycles. The van der Waals surface area contributed by atoms with Crippen LogP contribution in [0.4, 0.5) is 20.3 Å². The average molecular weight is 596 g/mol. The smallest absolute Gasteiger partial charge is 0.274 e. The fourth-order valence-corrected chi connectivity index (χ4v) is 7.53. The highest BCUT2D eigenvalue weighted by molar-refractivity contribution is 7.89. The maximum atomic E-state index is 13.5. The maximum absolute atomic E-state index is 13.5. The van der Waals surface area contributed by atoms with E-state index in [1.54, 1.807) is 10.4 Å². The molecular weight excluding hydrogens is 560 g/mol. The Labute approximate surface area is 237 Å². The van der Waals surface area contributed by atoms with Gasteiger partial charge in [0.05, 0.1) is 16.0 Å². The highest BCUT2D eigenvalue weighted by Crippen LogP contribution is 2.34. The van der Waals surface area contributed by atoms with Crippen LogP contribution in [0.3, 0.4) is 0 Å². The van der Waals surface area contributed by atoms with Gasteiger partial charge in [0.15, 0.2) is 0 Å². The number of alkyl halides is 2. The van der Waals surface area contributed by atoms with Crippen LogP contribution >= 0.6 is 11.3 Å². The van der Waals surface area contributed by atoms with Crippen LogP contribution in [0, 0.1) is 0 Å².